The summed E-state index contributed by atoms with van der Waals surface area (Å²) in [6.07, 6.45) is 25.2. The lowest BCUT2D eigenvalue weighted by Gasteiger charge is -2.14. The zero-order chi connectivity index (χ0) is 20.2. The Morgan fingerprint density at radius 1 is 0.852 bits per heavy atom. The van der Waals surface area contributed by atoms with Crippen molar-refractivity contribution in [3.63, 3.8) is 0 Å². The van der Waals surface area contributed by atoms with Gasteiger partial charge in [-0.3, -0.25) is 4.79 Å². The average molecular weight is 379 g/mol. The minimum atomic E-state index is -0.956. The molecule has 0 aliphatic heterocycles. The number of carbonyl (C=O) groups is 1. The van der Waals surface area contributed by atoms with Crippen LogP contribution in [0.3, 0.4) is 0 Å². The lowest BCUT2D eigenvalue weighted by atomic mass is 9.96. The van der Waals surface area contributed by atoms with Gasteiger partial charge in [0.1, 0.15) is 0 Å². The van der Waals surface area contributed by atoms with E-state index in [2.05, 4.69) is 43.4 Å². The summed E-state index contributed by atoms with van der Waals surface area (Å²) in [5.74, 6) is -1.53. The van der Waals surface area contributed by atoms with Crippen LogP contribution in [0, 0.1) is 5.92 Å². The molecule has 4 heteroatoms. The van der Waals surface area contributed by atoms with E-state index < -0.39 is 24.6 Å². The molecule has 2 unspecified atom stereocenters. The van der Waals surface area contributed by atoms with Crippen molar-refractivity contribution < 1.29 is 20.1 Å². The van der Waals surface area contributed by atoms with Crippen molar-refractivity contribution in [3.05, 3.63) is 48.6 Å². The number of aliphatic hydroxyl groups is 2. The summed E-state index contributed by atoms with van der Waals surface area (Å²) in [5, 5.41) is 27.3. The van der Waals surface area contributed by atoms with Crippen molar-refractivity contribution in [2.24, 2.45) is 5.92 Å². The number of carboxylic acid groups (broad SMARTS) is 1. The predicted octanol–water partition coefficient (Wildman–Crippen LogP) is 5.19. The topological polar surface area (TPSA) is 77.8 Å². The molecule has 0 aromatic carbocycles. The fraction of sp³-hybridized carbons (Fsp3) is 0.609. The van der Waals surface area contributed by atoms with Crippen molar-refractivity contribution in [1.29, 1.82) is 0 Å². The summed E-state index contributed by atoms with van der Waals surface area (Å²) in [4.78, 5) is 11.1. The van der Waals surface area contributed by atoms with E-state index in [0.717, 1.165) is 19.3 Å². The molecule has 0 saturated carbocycles. The number of hydrogen-bond acceptors (Lipinski definition) is 3. The second-order valence-electron chi connectivity index (χ2n) is 6.77. The molecule has 27 heavy (non-hydrogen) atoms. The average Bonchev–Trinajstić information content (AvgIpc) is 2.66. The standard InChI is InChI=1S/C23H38O4/c1-2-3-4-5-6-7-8-9-10-11-12-13-14-15-16-17-18-21(23(26)27)19-22(25)20-24/h6-7,9-10,12-13,15-16,21-22,24-25H,2-5,8,11,14,17-20H2,1H3,(H,26,27). The molecule has 0 saturated heterocycles. The molecule has 2 atom stereocenters. The lowest BCUT2D eigenvalue weighted by Crippen LogP contribution is -2.23. The van der Waals surface area contributed by atoms with Gasteiger partial charge in [-0.05, 0) is 51.4 Å². The Kier molecular flexibility index (Phi) is 18.0. The quantitative estimate of drug-likeness (QED) is 0.240. The van der Waals surface area contributed by atoms with E-state index in [1.165, 1.54) is 25.7 Å². The minimum absolute atomic E-state index is 0.0971. The summed E-state index contributed by atoms with van der Waals surface area (Å²) >= 11 is 0. The van der Waals surface area contributed by atoms with Crippen LogP contribution in [0.5, 0.6) is 0 Å². The highest BCUT2D eigenvalue weighted by Gasteiger charge is 2.20. The molecule has 0 radical (unpaired) electrons. The van der Waals surface area contributed by atoms with Gasteiger partial charge in [-0.25, -0.2) is 0 Å². The van der Waals surface area contributed by atoms with Gasteiger partial charge in [0.15, 0.2) is 0 Å². The molecule has 0 spiro atoms. The number of hydrogen-bond donors (Lipinski definition) is 3. The number of aliphatic hydroxyl groups excluding tert-OH is 2. The van der Waals surface area contributed by atoms with Crippen molar-refractivity contribution in [3.8, 4) is 0 Å². The monoisotopic (exact) mass is 378 g/mol. The first-order valence-electron chi connectivity index (χ1n) is 10.2. The zero-order valence-corrected chi connectivity index (χ0v) is 16.8. The van der Waals surface area contributed by atoms with Crippen molar-refractivity contribution in [2.75, 3.05) is 6.61 Å². The third-order valence-corrected chi connectivity index (χ3v) is 4.26. The number of aliphatic carboxylic acids is 1. The maximum absolute atomic E-state index is 11.1. The summed E-state index contributed by atoms with van der Waals surface area (Å²) in [6.45, 7) is 1.83. The second kappa shape index (κ2) is 19.1. The van der Waals surface area contributed by atoms with Crippen LogP contribution in [-0.4, -0.2) is 34.0 Å². The summed E-state index contributed by atoms with van der Waals surface area (Å²) in [5.41, 5.74) is 0. The molecule has 0 amide bonds. The normalized spacial score (nSPS) is 14.8. The third kappa shape index (κ3) is 17.5. The Labute approximate surface area is 165 Å². The SMILES string of the molecule is CCCCCC=CCC=CCC=CCC=CCCC(CC(O)CO)C(=O)O. The fourth-order valence-electron chi connectivity index (χ4n) is 2.60. The van der Waals surface area contributed by atoms with Crippen LogP contribution in [0.1, 0.15) is 71.1 Å². The van der Waals surface area contributed by atoms with Gasteiger partial charge in [-0.15, -0.1) is 0 Å². The predicted molar refractivity (Wildman–Crippen MR) is 113 cm³/mol. The van der Waals surface area contributed by atoms with Crippen molar-refractivity contribution >= 4 is 5.97 Å². The van der Waals surface area contributed by atoms with Gasteiger partial charge in [0.25, 0.3) is 0 Å². The second-order valence-corrected chi connectivity index (χ2v) is 6.77. The Morgan fingerprint density at radius 3 is 1.85 bits per heavy atom. The van der Waals surface area contributed by atoms with Crippen molar-refractivity contribution in [1.82, 2.24) is 0 Å². The molecular weight excluding hydrogens is 340 g/mol. The summed E-state index contributed by atoms with van der Waals surface area (Å²) in [7, 11) is 0. The van der Waals surface area contributed by atoms with Gasteiger partial charge in [0.05, 0.1) is 18.6 Å². The maximum Gasteiger partial charge on any atom is 0.306 e. The smallest absolute Gasteiger partial charge is 0.306 e. The molecule has 0 bridgehead atoms. The van der Waals surface area contributed by atoms with Gasteiger partial charge in [-0.1, -0.05) is 68.4 Å². The fourth-order valence-corrected chi connectivity index (χ4v) is 2.60. The van der Waals surface area contributed by atoms with E-state index in [-0.39, 0.29) is 6.42 Å². The first-order chi connectivity index (χ1) is 13.1. The van der Waals surface area contributed by atoms with E-state index in [1.807, 2.05) is 12.2 Å². The Balaban J connectivity index is 3.74. The Bertz CT molecular complexity index is 463. The number of allylic oxidation sites excluding steroid dienone is 8. The maximum atomic E-state index is 11.1. The molecular formula is C23H38O4. The Hall–Kier alpha value is -1.65. The number of carboxylic acids is 1. The van der Waals surface area contributed by atoms with E-state index in [9.17, 15) is 9.90 Å². The van der Waals surface area contributed by atoms with Gasteiger partial charge < -0.3 is 15.3 Å². The Morgan fingerprint density at radius 2 is 1.37 bits per heavy atom. The highest BCUT2D eigenvalue weighted by atomic mass is 16.4. The van der Waals surface area contributed by atoms with Crippen LogP contribution in [0.2, 0.25) is 0 Å². The molecule has 0 aromatic rings. The minimum Gasteiger partial charge on any atom is -0.481 e. The van der Waals surface area contributed by atoms with E-state index in [1.54, 1.807) is 0 Å². The van der Waals surface area contributed by atoms with Crippen LogP contribution in [0.15, 0.2) is 48.6 Å². The summed E-state index contributed by atoms with van der Waals surface area (Å²) < 4.78 is 0. The largest absolute Gasteiger partial charge is 0.481 e. The highest BCUT2D eigenvalue weighted by molar-refractivity contribution is 5.69. The first-order valence-corrected chi connectivity index (χ1v) is 10.2. The summed E-state index contributed by atoms with van der Waals surface area (Å²) in [6, 6.07) is 0. The van der Waals surface area contributed by atoms with Gasteiger partial charge in [0.2, 0.25) is 0 Å². The van der Waals surface area contributed by atoms with Crippen LogP contribution in [-0.2, 0) is 4.79 Å². The molecule has 0 aliphatic carbocycles. The first kappa shape index (κ1) is 25.4. The number of unbranched alkanes of at least 4 members (excludes halogenated alkanes) is 3. The van der Waals surface area contributed by atoms with E-state index in [4.69, 9.17) is 10.2 Å². The third-order valence-electron chi connectivity index (χ3n) is 4.26. The van der Waals surface area contributed by atoms with Crippen molar-refractivity contribution in [2.45, 2.75) is 77.2 Å². The molecule has 0 fully saturated rings. The molecule has 3 N–H and O–H groups in total. The van der Waals surface area contributed by atoms with Crippen LogP contribution in [0.4, 0.5) is 0 Å². The molecule has 0 aromatic heterocycles. The number of rotatable bonds is 17. The lowest BCUT2D eigenvalue weighted by molar-refractivity contribution is -0.143. The van der Waals surface area contributed by atoms with Gasteiger partial charge in [0, 0.05) is 0 Å². The van der Waals surface area contributed by atoms with Gasteiger partial charge >= 0.3 is 5.97 Å². The highest BCUT2D eigenvalue weighted by Crippen LogP contribution is 2.14. The molecule has 0 aliphatic rings. The van der Waals surface area contributed by atoms with Crippen LogP contribution >= 0.6 is 0 Å². The van der Waals surface area contributed by atoms with E-state index in [0.29, 0.717) is 12.8 Å². The van der Waals surface area contributed by atoms with Crippen LogP contribution in [0.25, 0.3) is 0 Å². The molecule has 0 rings (SSSR count). The van der Waals surface area contributed by atoms with Gasteiger partial charge in [-0.2, -0.15) is 0 Å². The van der Waals surface area contributed by atoms with E-state index >= 15 is 0 Å². The molecule has 154 valence electrons. The molecule has 0 heterocycles. The van der Waals surface area contributed by atoms with Crippen LogP contribution < -0.4 is 0 Å². The molecule has 4 nitrogen and oxygen atoms in total. The zero-order valence-electron chi connectivity index (χ0n) is 16.8.